The lowest BCUT2D eigenvalue weighted by Gasteiger charge is -2.22. The molecule has 0 rings (SSSR count). The topological polar surface area (TPSA) is 70.4 Å². The minimum absolute atomic E-state index is 0.0626. The fourth-order valence-electron chi connectivity index (χ4n) is 1.06. The van der Waals surface area contributed by atoms with Crippen LogP contribution in [0.2, 0.25) is 0 Å². The summed E-state index contributed by atoms with van der Waals surface area (Å²) < 4.78 is 29.4. The van der Waals surface area contributed by atoms with Crippen molar-refractivity contribution < 1.29 is 13.2 Å². The fraction of sp³-hybridized carbons (Fsp3) is 0.889. The van der Waals surface area contributed by atoms with Crippen LogP contribution in [0.3, 0.4) is 0 Å². The summed E-state index contributed by atoms with van der Waals surface area (Å²) >= 11 is 0. The van der Waals surface area contributed by atoms with Gasteiger partial charge in [0.25, 0.3) is 0 Å². The number of sulfonamides is 1. The van der Waals surface area contributed by atoms with Crippen molar-refractivity contribution in [3.05, 3.63) is 0 Å². The molecule has 6 heteroatoms. The normalized spacial score (nSPS) is 13.8. The zero-order valence-electron chi connectivity index (χ0n) is 9.43. The van der Waals surface area contributed by atoms with Gasteiger partial charge in [0.15, 0.2) is 0 Å². The Morgan fingerprint density at radius 2 is 2.13 bits per heavy atom. The van der Waals surface area contributed by atoms with Crippen LogP contribution in [0.25, 0.3) is 0 Å². The standard InChI is InChI=1S/C9H18N2O3S/c1-9(5-6-10)11(2)15(12,13)8-4-7-14-3/h9H,4-5,7-8H2,1-3H3. The van der Waals surface area contributed by atoms with Crippen molar-refractivity contribution in [3.63, 3.8) is 0 Å². The minimum Gasteiger partial charge on any atom is -0.385 e. The molecule has 0 aromatic heterocycles. The molecule has 0 aliphatic carbocycles. The van der Waals surface area contributed by atoms with Crippen LogP contribution < -0.4 is 0 Å². The third-order valence-electron chi connectivity index (χ3n) is 2.20. The molecule has 0 spiro atoms. The van der Waals surface area contributed by atoms with Gasteiger partial charge in [0.2, 0.25) is 10.0 Å². The molecule has 0 N–H and O–H groups in total. The summed E-state index contributed by atoms with van der Waals surface area (Å²) in [6.07, 6.45) is 0.683. The summed E-state index contributed by atoms with van der Waals surface area (Å²) in [7, 11) is -0.211. The zero-order chi connectivity index (χ0) is 11.9. The highest BCUT2D eigenvalue weighted by atomic mass is 32.2. The van der Waals surface area contributed by atoms with Crippen LogP contribution in [0, 0.1) is 11.3 Å². The van der Waals surface area contributed by atoms with Crippen LogP contribution in [0.1, 0.15) is 19.8 Å². The molecule has 0 aromatic carbocycles. The van der Waals surface area contributed by atoms with Crippen molar-refractivity contribution in [3.8, 4) is 6.07 Å². The minimum atomic E-state index is -3.25. The monoisotopic (exact) mass is 234 g/mol. The maximum Gasteiger partial charge on any atom is 0.214 e. The van der Waals surface area contributed by atoms with E-state index in [1.54, 1.807) is 6.92 Å². The Kier molecular flexibility index (Phi) is 6.48. The van der Waals surface area contributed by atoms with Crippen LogP contribution in [0.4, 0.5) is 0 Å². The average Bonchev–Trinajstić information content (AvgIpc) is 2.17. The van der Waals surface area contributed by atoms with Gasteiger partial charge in [-0.15, -0.1) is 0 Å². The largest absolute Gasteiger partial charge is 0.385 e. The van der Waals surface area contributed by atoms with Crippen LogP contribution in [0.15, 0.2) is 0 Å². The van der Waals surface area contributed by atoms with Gasteiger partial charge < -0.3 is 4.74 Å². The van der Waals surface area contributed by atoms with E-state index in [0.29, 0.717) is 13.0 Å². The Bertz CT molecular complexity index is 308. The molecular formula is C9H18N2O3S. The molecule has 0 saturated heterocycles. The van der Waals surface area contributed by atoms with Gasteiger partial charge in [0, 0.05) is 26.8 Å². The zero-order valence-corrected chi connectivity index (χ0v) is 10.2. The van der Waals surface area contributed by atoms with E-state index in [0.717, 1.165) is 0 Å². The Hall–Kier alpha value is -0.640. The number of hydrogen-bond acceptors (Lipinski definition) is 4. The highest BCUT2D eigenvalue weighted by Crippen LogP contribution is 2.08. The summed E-state index contributed by atoms with van der Waals surface area (Å²) in [6, 6.07) is 1.68. The van der Waals surface area contributed by atoms with Crippen LogP contribution >= 0.6 is 0 Å². The second-order valence-corrected chi connectivity index (χ2v) is 5.54. The van der Waals surface area contributed by atoms with Gasteiger partial charge in [-0.05, 0) is 13.3 Å². The van der Waals surface area contributed by atoms with Gasteiger partial charge >= 0.3 is 0 Å². The second kappa shape index (κ2) is 6.77. The summed E-state index contributed by atoms with van der Waals surface area (Å²) in [5.41, 5.74) is 0. The summed E-state index contributed by atoms with van der Waals surface area (Å²) in [5.74, 6) is 0.0626. The number of hydrogen-bond donors (Lipinski definition) is 0. The Morgan fingerprint density at radius 3 is 2.60 bits per heavy atom. The molecule has 5 nitrogen and oxygen atoms in total. The maximum atomic E-state index is 11.7. The molecule has 0 bridgehead atoms. The van der Waals surface area contributed by atoms with Crippen LogP contribution in [-0.2, 0) is 14.8 Å². The molecule has 1 atom stereocenters. The highest BCUT2D eigenvalue weighted by molar-refractivity contribution is 7.89. The van der Waals surface area contributed by atoms with Crippen molar-refractivity contribution >= 4 is 10.0 Å². The number of nitrogens with zero attached hydrogens (tertiary/aromatic N) is 2. The van der Waals surface area contributed by atoms with E-state index in [2.05, 4.69) is 0 Å². The van der Waals surface area contributed by atoms with E-state index in [9.17, 15) is 8.42 Å². The SMILES string of the molecule is COCCCS(=O)(=O)N(C)C(C)CC#N. The van der Waals surface area contributed by atoms with E-state index < -0.39 is 10.0 Å². The molecule has 15 heavy (non-hydrogen) atoms. The lowest BCUT2D eigenvalue weighted by atomic mass is 10.3. The predicted octanol–water partition coefficient (Wildman–Crippen LogP) is 0.587. The third kappa shape index (κ3) is 5.11. The first-order valence-electron chi connectivity index (χ1n) is 4.77. The van der Waals surface area contributed by atoms with Crippen molar-refractivity contribution in [2.75, 3.05) is 26.5 Å². The Balaban J connectivity index is 4.27. The van der Waals surface area contributed by atoms with E-state index in [1.807, 2.05) is 6.07 Å². The quantitative estimate of drug-likeness (QED) is 0.604. The van der Waals surface area contributed by atoms with Crippen LogP contribution in [0.5, 0.6) is 0 Å². The lowest BCUT2D eigenvalue weighted by molar-refractivity contribution is 0.199. The van der Waals surface area contributed by atoms with E-state index in [-0.39, 0.29) is 18.2 Å². The van der Waals surface area contributed by atoms with E-state index >= 15 is 0 Å². The first-order valence-corrected chi connectivity index (χ1v) is 6.38. The molecule has 0 aliphatic rings. The van der Waals surface area contributed by atoms with Gasteiger partial charge in [-0.2, -0.15) is 5.26 Å². The first kappa shape index (κ1) is 14.4. The molecular weight excluding hydrogens is 216 g/mol. The molecule has 1 unspecified atom stereocenters. The molecule has 0 saturated carbocycles. The first-order chi connectivity index (χ1) is 6.95. The molecule has 0 radical (unpaired) electrons. The second-order valence-electron chi connectivity index (χ2n) is 3.39. The van der Waals surface area contributed by atoms with Crippen LogP contribution in [-0.4, -0.2) is 45.3 Å². The van der Waals surface area contributed by atoms with Crippen molar-refractivity contribution in [1.82, 2.24) is 4.31 Å². The Morgan fingerprint density at radius 1 is 1.53 bits per heavy atom. The highest BCUT2D eigenvalue weighted by Gasteiger charge is 2.22. The molecule has 0 amide bonds. The molecule has 0 heterocycles. The average molecular weight is 234 g/mol. The summed E-state index contributed by atoms with van der Waals surface area (Å²) in [6.45, 7) is 2.15. The van der Waals surface area contributed by atoms with Gasteiger partial charge in [0.1, 0.15) is 0 Å². The number of ether oxygens (including phenoxy) is 1. The molecule has 88 valence electrons. The van der Waals surface area contributed by atoms with E-state index in [1.165, 1.54) is 18.5 Å². The fourth-order valence-corrected chi connectivity index (χ4v) is 2.46. The van der Waals surface area contributed by atoms with Gasteiger partial charge in [-0.25, -0.2) is 12.7 Å². The Labute approximate surface area is 91.7 Å². The van der Waals surface area contributed by atoms with Crippen molar-refractivity contribution in [2.45, 2.75) is 25.8 Å². The van der Waals surface area contributed by atoms with Crippen molar-refractivity contribution in [1.29, 1.82) is 5.26 Å². The summed E-state index contributed by atoms with van der Waals surface area (Å²) in [4.78, 5) is 0. The predicted molar refractivity (Wildman–Crippen MR) is 57.7 cm³/mol. The number of nitriles is 1. The number of rotatable bonds is 7. The van der Waals surface area contributed by atoms with Gasteiger partial charge in [-0.3, -0.25) is 0 Å². The molecule has 0 aromatic rings. The maximum absolute atomic E-state index is 11.7. The van der Waals surface area contributed by atoms with Crippen molar-refractivity contribution in [2.24, 2.45) is 0 Å². The third-order valence-corrected chi connectivity index (χ3v) is 4.24. The van der Waals surface area contributed by atoms with E-state index in [4.69, 9.17) is 10.00 Å². The number of methoxy groups -OCH3 is 1. The molecule has 0 fully saturated rings. The lowest BCUT2D eigenvalue weighted by Crippen LogP contribution is -2.36. The summed E-state index contributed by atoms with van der Waals surface area (Å²) in [5, 5.41) is 8.47. The van der Waals surface area contributed by atoms with Gasteiger partial charge in [-0.1, -0.05) is 0 Å². The molecule has 0 aliphatic heterocycles. The van der Waals surface area contributed by atoms with Gasteiger partial charge in [0.05, 0.1) is 18.2 Å². The smallest absolute Gasteiger partial charge is 0.214 e.